The molecule has 1 N–H and O–H groups in total. The summed E-state index contributed by atoms with van der Waals surface area (Å²) in [4.78, 5) is 14.3. The zero-order valence-corrected chi connectivity index (χ0v) is 13.0. The lowest BCUT2D eigenvalue weighted by Crippen LogP contribution is -2.40. The molecule has 112 valence electrons. The fourth-order valence-corrected chi connectivity index (χ4v) is 2.04. The molecule has 1 rings (SSSR count). The van der Waals surface area contributed by atoms with E-state index in [-0.39, 0.29) is 11.9 Å². The van der Waals surface area contributed by atoms with E-state index >= 15 is 0 Å². The lowest BCUT2D eigenvalue weighted by atomic mass is 10.1. The average Bonchev–Trinajstić information content (AvgIpc) is 2.47. The normalized spacial score (nSPS) is 12.4. The molecule has 0 aromatic heterocycles. The van der Waals surface area contributed by atoms with E-state index in [2.05, 4.69) is 12.2 Å². The predicted octanol–water partition coefficient (Wildman–Crippen LogP) is 2.54. The number of carbonyl (C=O) groups is 1. The Hall–Kier alpha value is -1.39. The molecular formula is C16H26N2O2. The average molecular weight is 278 g/mol. The molecule has 1 aromatic rings. The molecule has 0 aliphatic rings. The molecule has 4 nitrogen and oxygen atoms in total. The van der Waals surface area contributed by atoms with Crippen molar-refractivity contribution in [3.8, 4) is 0 Å². The minimum absolute atomic E-state index is 0.0332. The van der Waals surface area contributed by atoms with Gasteiger partial charge in [0.25, 0.3) is 0 Å². The summed E-state index contributed by atoms with van der Waals surface area (Å²) in [6.45, 7) is 5.58. The fraction of sp³-hybridized carbons (Fsp3) is 0.562. The first kappa shape index (κ1) is 16.7. The first-order chi connectivity index (χ1) is 9.60. The molecule has 0 bridgehead atoms. The third-order valence-corrected chi connectivity index (χ3v) is 3.56. The summed E-state index contributed by atoms with van der Waals surface area (Å²) in [7, 11) is 3.66. The summed E-state index contributed by atoms with van der Waals surface area (Å²) in [5, 5.41) is 3.02. The highest BCUT2D eigenvalue weighted by Gasteiger charge is 2.18. The molecule has 1 unspecified atom stereocenters. The Kier molecular flexibility index (Phi) is 7.26. The van der Waals surface area contributed by atoms with Gasteiger partial charge in [0.1, 0.15) is 0 Å². The zero-order valence-electron chi connectivity index (χ0n) is 13.0. The van der Waals surface area contributed by atoms with E-state index in [4.69, 9.17) is 4.74 Å². The van der Waals surface area contributed by atoms with Crippen LogP contribution in [0.25, 0.3) is 0 Å². The van der Waals surface area contributed by atoms with Crippen molar-refractivity contribution in [2.45, 2.75) is 32.7 Å². The Labute approximate surface area is 122 Å². The van der Waals surface area contributed by atoms with Gasteiger partial charge in [0.2, 0.25) is 5.91 Å². The number of aryl methyl sites for hydroxylation is 1. The van der Waals surface area contributed by atoms with Crippen LogP contribution in [0.1, 0.15) is 25.8 Å². The summed E-state index contributed by atoms with van der Waals surface area (Å²) < 4.78 is 5.03. The maximum Gasteiger partial charge on any atom is 0.241 e. The number of benzene rings is 1. The standard InChI is InChI=1S/C16H26N2O2/c1-5-14-9-6-7-10-15(14)17-16(19)13(2)18(3)11-8-12-20-4/h6-7,9-10,13H,5,8,11-12H2,1-4H3,(H,17,19). The second kappa shape index (κ2) is 8.72. The number of ether oxygens (including phenoxy) is 1. The fourth-order valence-electron chi connectivity index (χ4n) is 2.04. The Morgan fingerprint density at radius 3 is 2.75 bits per heavy atom. The van der Waals surface area contributed by atoms with Crippen molar-refractivity contribution in [1.29, 1.82) is 0 Å². The monoisotopic (exact) mass is 278 g/mol. The van der Waals surface area contributed by atoms with Crippen LogP contribution in [0.5, 0.6) is 0 Å². The van der Waals surface area contributed by atoms with Gasteiger partial charge in [0.05, 0.1) is 6.04 Å². The second-order valence-corrected chi connectivity index (χ2v) is 5.00. The summed E-state index contributed by atoms with van der Waals surface area (Å²) in [5.41, 5.74) is 2.08. The third-order valence-electron chi connectivity index (χ3n) is 3.56. The highest BCUT2D eigenvalue weighted by Crippen LogP contribution is 2.16. The van der Waals surface area contributed by atoms with Crippen LogP contribution in [-0.4, -0.2) is 44.2 Å². The lowest BCUT2D eigenvalue weighted by Gasteiger charge is -2.24. The maximum absolute atomic E-state index is 12.3. The number of hydrogen-bond acceptors (Lipinski definition) is 3. The molecule has 0 aliphatic carbocycles. The van der Waals surface area contributed by atoms with E-state index in [1.807, 2.05) is 43.1 Å². The number of para-hydroxylation sites is 1. The summed E-state index contributed by atoms with van der Waals surface area (Å²) in [6, 6.07) is 7.78. The minimum atomic E-state index is -0.156. The van der Waals surface area contributed by atoms with E-state index in [1.165, 1.54) is 0 Å². The van der Waals surface area contributed by atoms with Gasteiger partial charge in [-0.05, 0) is 38.4 Å². The smallest absolute Gasteiger partial charge is 0.241 e. The minimum Gasteiger partial charge on any atom is -0.385 e. The first-order valence-electron chi connectivity index (χ1n) is 7.18. The number of nitrogens with one attached hydrogen (secondary N) is 1. The molecule has 1 amide bonds. The highest BCUT2D eigenvalue weighted by atomic mass is 16.5. The Morgan fingerprint density at radius 2 is 2.10 bits per heavy atom. The molecule has 20 heavy (non-hydrogen) atoms. The number of rotatable bonds is 8. The quantitative estimate of drug-likeness (QED) is 0.743. The number of likely N-dealkylation sites (N-methyl/N-ethyl adjacent to an activating group) is 1. The second-order valence-electron chi connectivity index (χ2n) is 5.00. The van der Waals surface area contributed by atoms with Gasteiger partial charge in [-0.15, -0.1) is 0 Å². The number of anilines is 1. The largest absolute Gasteiger partial charge is 0.385 e. The van der Waals surface area contributed by atoms with Gasteiger partial charge in [-0.1, -0.05) is 25.1 Å². The van der Waals surface area contributed by atoms with Crippen LogP contribution in [0, 0.1) is 0 Å². The molecule has 1 aromatic carbocycles. The van der Waals surface area contributed by atoms with Crippen LogP contribution < -0.4 is 5.32 Å². The van der Waals surface area contributed by atoms with Gasteiger partial charge in [0, 0.05) is 25.9 Å². The predicted molar refractivity (Wildman–Crippen MR) is 83.0 cm³/mol. The number of methoxy groups -OCH3 is 1. The van der Waals surface area contributed by atoms with Gasteiger partial charge >= 0.3 is 0 Å². The van der Waals surface area contributed by atoms with Crippen molar-refractivity contribution < 1.29 is 9.53 Å². The molecular weight excluding hydrogens is 252 g/mol. The molecule has 0 aliphatic heterocycles. The Morgan fingerprint density at radius 1 is 1.40 bits per heavy atom. The highest BCUT2D eigenvalue weighted by molar-refractivity contribution is 5.95. The maximum atomic E-state index is 12.3. The Balaban J connectivity index is 2.56. The van der Waals surface area contributed by atoms with Gasteiger partial charge in [-0.2, -0.15) is 0 Å². The van der Waals surface area contributed by atoms with Crippen LogP contribution in [0.4, 0.5) is 5.69 Å². The van der Waals surface area contributed by atoms with Crippen molar-refractivity contribution in [1.82, 2.24) is 4.90 Å². The molecule has 1 atom stereocenters. The molecule has 0 fully saturated rings. The van der Waals surface area contributed by atoms with E-state index in [9.17, 15) is 4.79 Å². The van der Waals surface area contributed by atoms with Crippen molar-refractivity contribution in [2.24, 2.45) is 0 Å². The van der Waals surface area contributed by atoms with Crippen LogP contribution in [0.3, 0.4) is 0 Å². The summed E-state index contributed by atoms with van der Waals surface area (Å²) in [5.74, 6) is 0.0332. The van der Waals surface area contributed by atoms with E-state index < -0.39 is 0 Å². The SMILES string of the molecule is CCc1ccccc1NC(=O)C(C)N(C)CCCOC. The van der Waals surface area contributed by atoms with Crippen LogP contribution >= 0.6 is 0 Å². The number of amides is 1. The summed E-state index contributed by atoms with van der Waals surface area (Å²) in [6.07, 6.45) is 1.84. The van der Waals surface area contributed by atoms with E-state index in [0.29, 0.717) is 0 Å². The van der Waals surface area contributed by atoms with E-state index in [1.54, 1.807) is 7.11 Å². The first-order valence-corrected chi connectivity index (χ1v) is 7.18. The Bertz CT molecular complexity index is 421. The lowest BCUT2D eigenvalue weighted by molar-refractivity contribution is -0.120. The van der Waals surface area contributed by atoms with Gasteiger partial charge in [-0.3, -0.25) is 9.69 Å². The summed E-state index contributed by atoms with van der Waals surface area (Å²) >= 11 is 0. The molecule has 0 spiro atoms. The third kappa shape index (κ3) is 4.94. The number of nitrogens with zero attached hydrogens (tertiary/aromatic N) is 1. The molecule has 0 radical (unpaired) electrons. The van der Waals surface area contributed by atoms with Crippen LogP contribution in [-0.2, 0) is 16.0 Å². The van der Waals surface area contributed by atoms with Gasteiger partial charge in [0.15, 0.2) is 0 Å². The van der Waals surface area contributed by atoms with Crippen molar-refractivity contribution in [3.63, 3.8) is 0 Å². The van der Waals surface area contributed by atoms with Gasteiger partial charge < -0.3 is 10.1 Å². The van der Waals surface area contributed by atoms with Crippen molar-refractivity contribution in [3.05, 3.63) is 29.8 Å². The van der Waals surface area contributed by atoms with Gasteiger partial charge in [-0.25, -0.2) is 0 Å². The number of carbonyl (C=O) groups excluding carboxylic acids is 1. The molecule has 4 heteroatoms. The van der Waals surface area contributed by atoms with Crippen molar-refractivity contribution in [2.75, 3.05) is 32.6 Å². The molecule has 0 saturated carbocycles. The van der Waals surface area contributed by atoms with Crippen LogP contribution in [0.15, 0.2) is 24.3 Å². The molecule has 0 heterocycles. The molecule has 0 saturated heterocycles. The van der Waals surface area contributed by atoms with Crippen molar-refractivity contribution >= 4 is 11.6 Å². The van der Waals surface area contributed by atoms with E-state index in [0.717, 1.165) is 37.2 Å². The zero-order chi connectivity index (χ0) is 15.0. The van der Waals surface area contributed by atoms with Crippen LogP contribution in [0.2, 0.25) is 0 Å². The number of hydrogen-bond donors (Lipinski definition) is 1. The topological polar surface area (TPSA) is 41.6 Å².